The van der Waals surface area contributed by atoms with E-state index in [1.54, 1.807) is 0 Å². The molecule has 0 aliphatic rings. The Hall–Kier alpha value is -1.03. The summed E-state index contributed by atoms with van der Waals surface area (Å²) in [6, 6.07) is 0.569. The van der Waals surface area contributed by atoms with Gasteiger partial charge in [-0.15, -0.1) is 0 Å². The van der Waals surface area contributed by atoms with Crippen LogP contribution in [0, 0.1) is 12.8 Å². The molecule has 1 unspecified atom stereocenters. The average Bonchev–Trinajstić information content (AvgIpc) is 2.52. The van der Waals surface area contributed by atoms with Crippen LogP contribution in [0.4, 0.5) is 5.82 Å². The van der Waals surface area contributed by atoms with Crippen molar-refractivity contribution >= 4 is 5.82 Å². The minimum absolute atomic E-state index is 0.569. The van der Waals surface area contributed by atoms with Crippen molar-refractivity contribution < 1.29 is 0 Å². The molecule has 0 saturated heterocycles. The fraction of sp³-hybridized carbons (Fsp3) is 0.769. The van der Waals surface area contributed by atoms with E-state index in [1.807, 2.05) is 18.8 Å². The van der Waals surface area contributed by atoms with Crippen LogP contribution in [0.15, 0.2) is 0 Å². The van der Waals surface area contributed by atoms with Gasteiger partial charge < -0.3 is 5.32 Å². The van der Waals surface area contributed by atoms with Crippen LogP contribution in [-0.4, -0.2) is 34.8 Å². The molecule has 4 heteroatoms. The van der Waals surface area contributed by atoms with Crippen molar-refractivity contribution in [1.82, 2.24) is 14.7 Å². The topological polar surface area (TPSA) is 33.1 Å². The van der Waals surface area contributed by atoms with Crippen molar-refractivity contribution in [3.8, 4) is 0 Å². The first kappa shape index (κ1) is 14.0. The summed E-state index contributed by atoms with van der Waals surface area (Å²) >= 11 is 0. The van der Waals surface area contributed by atoms with E-state index in [0.29, 0.717) is 12.0 Å². The number of hydrogen-bond donors (Lipinski definition) is 1. The SMILES string of the molecule is CNc1c(CN(C)C(C)C(C)C)c(C)nn1C. The maximum Gasteiger partial charge on any atom is 0.128 e. The maximum absolute atomic E-state index is 4.47. The van der Waals surface area contributed by atoms with E-state index in [9.17, 15) is 0 Å². The molecule has 4 nitrogen and oxygen atoms in total. The molecule has 0 aliphatic carbocycles. The lowest BCUT2D eigenvalue weighted by atomic mass is 10.0. The van der Waals surface area contributed by atoms with Gasteiger partial charge in [-0.25, -0.2) is 0 Å². The Morgan fingerprint density at radius 3 is 2.41 bits per heavy atom. The number of nitrogens with zero attached hydrogens (tertiary/aromatic N) is 3. The lowest BCUT2D eigenvalue weighted by molar-refractivity contribution is 0.200. The zero-order valence-electron chi connectivity index (χ0n) is 12.2. The van der Waals surface area contributed by atoms with E-state index < -0.39 is 0 Å². The fourth-order valence-electron chi connectivity index (χ4n) is 2.11. The summed E-state index contributed by atoms with van der Waals surface area (Å²) in [5.41, 5.74) is 2.41. The normalized spacial score (nSPS) is 13.5. The molecule has 17 heavy (non-hydrogen) atoms. The van der Waals surface area contributed by atoms with Gasteiger partial charge in [-0.05, 0) is 26.8 Å². The largest absolute Gasteiger partial charge is 0.373 e. The van der Waals surface area contributed by atoms with Gasteiger partial charge in [-0.1, -0.05) is 13.8 Å². The highest BCUT2D eigenvalue weighted by Gasteiger charge is 2.18. The van der Waals surface area contributed by atoms with Crippen LogP contribution in [0.1, 0.15) is 32.0 Å². The van der Waals surface area contributed by atoms with Crippen LogP contribution in [0.3, 0.4) is 0 Å². The van der Waals surface area contributed by atoms with Gasteiger partial charge in [0.2, 0.25) is 0 Å². The van der Waals surface area contributed by atoms with Gasteiger partial charge in [0.1, 0.15) is 5.82 Å². The van der Waals surface area contributed by atoms with Gasteiger partial charge in [0, 0.05) is 32.2 Å². The Morgan fingerprint density at radius 1 is 1.35 bits per heavy atom. The number of aromatic nitrogens is 2. The first-order valence-corrected chi connectivity index (χ1v) is 6.29. The van der Waals surface area contributed by atoms with Crippen LogP contribution in [0.25, 0.3) is 0 Å². The quantitative estimate of drug-likeness (QED) is 0.854. The van der Waals surface area contributed by atoms with Crippen molar-refractivity contribution in [2.45, 2.75) is 40.3 Å². The third-order valence-electron chi connectivity index (χ3n) is 3.65. The second-order valence-electron chi connectivity index (χ2n) is 5.19. The number of rotatable bonds is 5. The molecule has 98 valence electrons. The van der Waals surface area contributed by atoms with Crippen LogP contribution in [-0.2, 0) is 13.6 Å². The highest BCUT2D eigenvalue weighted by atomic mass is 15.3. The number of hydrogen-bond acceptors (Lipinski definition) is 3. The molecule has 1 N–H and O–H groups in total. The van der Waals surface area contributed by atoms with Crippen molar-refractivity contribution in [3.05, 3.63) is 11.3 Å². The summed E-state index contributed by atoms with van der Waals surface area (Å²) in [6.45, 7) is 9.81. The summed E-state index contributed by atoms with van der Waals surface area (Å²) < 4.78 is 1.92. The Balaban J connectivity index is 2.88. The minimum atomic E-state index is 0.569. The summed E-state index contributed by atoms with van der Waals surface area (Å²) in [6.07, 6.45) is 0. The van der Waals surface area contributed by atoms with Gasteiger partial charge >= 0.3 is 0 Å². The van der Waals surface area contributed by atoms with Crippen molar-refractivity contribution in [2.24, 2.45) is 13.0 Å². The van der Waals surface area contributed by atoms with Crippen LogP contribution < -0.4 is 5.32 Å². The predicted molar refractivity (Wildman–Crippen MR) is 73.3 cm³/mol. The van der Waals surface area contributed by atoms with E-state index >= 15 is 0 Å². The second-order valence-corrected chi connectivity index (χ2v) is 5.19. The van der Waals surface area contributed by atoms with Gasteiger partial charge in [0.25, 0.3) is 0 Å². The first-order valence-electron chi connectivity index (χ1n) is 6.29. The molecule has 0 aromatic carbocycles. The molecular formula is C13H26N4. The average molecular weight is 238 g/mol. The zero-order valence-corrected chi connectivity index (χ0v) is 12.2. The van der Waals surface area contributed by atoms with Gasteiger partial charge in [-0.2, -0.15) is 5.10 Å². The maximum atomic E-state index is 4.47. The molecule has 1 atom stereocenters. The highest BCUT2D eigenvalue weighted by molar-refractivity contribution is 5.46. The standard InChI is InChI=1S/C13H26N4/c1-9(2)11(4)16(6)8-12-10(3)15-17(7)13(12)14-5/h9,11,14H,8H2,1-7H3. The first-order chi connectivity index (χ1) is 7.88. The van der Waals surface area contributed by atoms with Crippen molar-refractivity contribution in [3.63, 3.8) is 0 Å². The lowest BCUT2D eigenvalue weighted by Gasteiger charge is -2.28. The molecule has 0 spiro atoms. The summed E-state index contributed by atoms with van der Waals surface area (Å²) in [5.74, 6) is 1.78. The van der Waals surface area contributed by atoms with E-state index in [1.165, 1.54) is 5.56 Å². The highest BCUT2D eigenvalue weighted by Crippen LogP contribution is 2.21. The lowest BCUT2D eigenvalue weighted by Crippen LogP contribution is -2.33. The van der Waals surface area contributed by atoms with E-state index in [4.69, 9.17) is 0 Å². The molecule has 0 bridgehead atoms. The molecule has 1 aromatic rings. The van der Waals surface area contributed by atoms with Crippen LogP contribution >= 0.6 is 0 Å². The molecule has 0 saturated carbocycles. The van der Waals surface area contributed by atoms with Crippen molar-refractivity contribution in [1.29, 1.82) is 0 Å². The number of anilines is 1. The summed E-state index contributed by atoms with van der Waals surface area (Å²) in [7, 11) is 6.11. The molecule has 1 heterocycles. The van der Waals surface area contributed by atoms with Crippen LogP contribution in [0.5, 0.6) is 0 Å². The fourth-order valence-corrected chi connectivity index (χ4v) is 2.11. The third-order valence-corrected chi connectivity index (χ3v) is 3.65. The molecule has 0 fully saturated rings. The Morgan fingerprint density at radius 2 is 1.94 bits per heavy atom. The number of nitrogens with one attached hydrogen (secondary N) is 1. The van der Waals surface area contributed by atoms with E-state index in [0.717, 1.165) is 18.1 Å². The van der Waals surface area contributed by atoms with Gasteiger partial charge in [0.15, 0.2) is 0 Å². The third kappa shape index (κ3) is 3.00. The molecule has 1 aromatic heterocycles. The van der Waals surface area contributed by atoms with Crippen LogP contribution in [0.2, 0.25) is 0 Å². The summed E-state index contributed by atoms with van der Waals surface area (Å²) in [4.78, 5) is 2.38. The second kappa shape index (κ2) is 5.54. The number of aryl methyl sites for hydroxylation is 2. The molecular weight excluding hydrogens is 212 g/mol. The minimum Gasteiger partial charge on any atom is -0.373 e. The van der Waals surface area contributed by atoms with E-state index in [-0.39, 0.29) is 0 Å². The van der Waals surface area contributed by atoms with Crippen molar-refractivity contribution in [2.75, 3.05) is 19.4 Å². The molecule has 0 radical (unpaired) electrons. The zero-order chi connectivity index (χ0) is 13.2. The molecule has 0 aliphatic heterocycles. The molecule has 0 amide bonds. The monoisotopic (exact) mass is 238 g/mol. The van der Waals surface area contributed by atoms with E-state index in [2.05, 4.69) is 50.1 Å². The predicted octanol–water partition coefficient (Wildman–Crippen LogP) is 2.25. The molecule has 1 rings (SSSR count). The smallest absolute Gasteiger partial charge is 0.128 e. The Kier molecular flexibility index (Phi) is 4.57. The Labute approximate surface area is 105 Å². The Bertz CT molecular complexity index is 368. The van der Waals surface area contributed by atoms with Gasteiger partial charge in [0.05, 0.1) is 5.69 Å². The van der Waals surface area contributed by atoms with Gasteiger partial charge in [-0.3, -0.25) is 9.58 Å². The summed E-state index contributed by atoms with van der Waals surface area (Å²) in [5, 5.41) is 7.70.